The van der Waals surface area contributed by atoms with E-state index in [1.54, 1.807) is 0 Å². The van der Waals surface area contributed by atoms with E-state index in [4.69, 9.17) is 11.6 Å². The zero-order valence-corrected chi connectivity index (χ0v) is 25.7. The summed E-state index contributed by atoms with van der Waals surface area (Å²) in [5.74, 6) is 0. The molecule has 1 aliphatic carbocycles. The van der Waals surface area contributed by atoms with E-state index in [1.165, 1.54) is 33.2 Å². The summed E-state index contributed by atoms with van der Waals surface area (Å²) in [5.41, 5.74) is 11.7. The molecule has 0 fully saturated rings. The zero-order valence-electron chi connectivity index (χ0n) is 25.7. The Hall–Kier alpha value is -5.86. The normalized spacial score (nSPS) is 15.5. The maximum absolute atomic E-state index is 5.32. The quantitative estimate of drug-likeness (QED) is 0.143. The van der Waals surface area contributed by atoms with Crippen LogP contribution >= 0.6 is 0 Å². The molecule has 2 heteroatoms. The fourth-order valence-electron chi connectivity index (χ4n) is 7.21. The van der Waals surface area contributed by atoms with Gasteiger partial charge in [-0.2, -0.15) is 0 Å². The molecule has 2 nitrogen and oxygen atoms in total. The van der Waals surface area contributed by atoms with Gasteiger partial charge in [-0.3, -0.25) is 4.98 Å². The van der Waals surface area contributed by atoms with Gasteiger partial charge in [0.1, 0.15) is 0 Å². The van der Waals surface area contributed by atoms with Crippen molar-refractivity contribution in [3.8, 4) is 33.6 Å². The Morgan fingerprint density at radius 1 is 0.630 bits per heavy atom. The van der Waals surface area contributed by atoms with Gasteiger partial charge in [0.05, 0.1) is 22.3 Å². The Kier molecular flexibility index (Phi) is 6.77. The van der Waals surface area contributed by atoms with Crippen LogP contribution in [-0.2, 0) is 5.41 Å². The molecule has 1 atom stereocenters. The van der Waals surface area contributed by atoms with Gasteiger partial charge in [0.15, 0.2) is 0 Å². The summed E-state index contributed by atoms with van der Waals surface area (Å²) in [5, 5.41) is 3.47. The van der Waals surface area contributed by atoms with Crippen LogP contribution in [0, 0.1) is 0 Å². The Bertz CT molecular complexity index is 2310. The zero-order chi connectivity index (χ0) is 31.1. The summed E-state index contributed by atoms with van der Waals surface area (Å²) in [6.07, 6.45) is 10.2. The monoisotopic (exact) mass is 588 g/mol. The maximum atomic E-state index is 5.32. The molecule has 218 valence electrons. The Balaban J connectivity index is 1.45. The standard InChI is InChI=1S/C44H32N2/c1-3-4-6-15-30(2)44(33-16-7-5-8-17-33)39-20-11-9-18-34(39)37-28-36-35-19-10-12-22-42(35)46-43(38(36)29-40(37)44)32-25-23-31(24-26-32)41-21-13-14-27-45-41/h3-29H,2H2,1H3/b4-3-,15-6-. The average molecular weight is 589 g/mol. The second kappa shape index (κ2) is 11.3. The van der Waals surface area contributed by atoms with E-state index in [-0.39, 0.29) is 0 Å². The molecule has 0 saturated heterocycles. The number of rotatable bonds is 6. The molecule has 2 aromatic heterocycles. The third kappa shape index (κ3) is 4.26. The third-order valence-electron chi connectivity index (χ3n) is 9.27. The van der Waals surface area contributed by atoms with Crippen molar-refractivity contribution in [3.63, 3.8) is 0 Å². The molecule has 1 unspecified atom stereocenters. The molecule has 0 aliphatic heterocycles. The van der Waals surface area contributed by atoms with E-state index in [1.807, 2.05) is 37.4 Å². The predicted molar refractivity (Wildman–Crippen MR) is 193 cm³/mol. The molecule has 0 N–H and O–H groups in total. The third-order valence-corrected chi connectivity index (χ3v) is 9.27. The van der Waals surface area contributed by atoms with Gasteiger partial charge in [-0.25, -0.2) is 4.98 Å². The number of allylic oxidation sites excluding steroid dienone is 5. The van der Waals surface area contributed by atoms with Gasteiger partial charge < -0.3 is 0 Å². The number of benzene rings is 5. The highest BCUT2D eigenvalue weighted by atomic mass is 14.7. The number of hydrogen-bond acceptors (Lipinski definition) is 2. The fourth-order valence-corrected chi connectivity index (χ4v) is 7.21. The first-order valence-corrected chi connectivity index (χ1v) is 15.7. The minimum atomic E-state index is -0.564. The average Bonchev–Trinajstić information content (AvgIpc) is 3.41. The topological polar surface area (TPSA) is 25.8 Å². The number of nitrogens with zero attached hydrogens (tertiary/aromatic N) is 2. The number of para-hydroxylation sites is 1. The van der Waals surface area contributed by atoms with Crippen molar-refractivity contribution in [3.05, 3.63) is 193 Å². The van der Waals surface area contributed by atoms with Crippen molar-refractivity contribution >= 4 is 21.7 Å². The first-order valence-electron chi connectivity index (χ1n) is 15.7. The van der Waals surface area contributed by atoms with E-state index in [0.717, 1.165) is 44.4 Å². The van der Waals surface area contributed by atoms with Crippen LogP contribution in [-0.4, -0.2) is 9.97 Å². The van der Waals surface area contributed by atoms with Crippen LogP contribution in [0.25, 0.3) is 55.3 Å². The van der Waals surface area contributed by atoms with Crippen molar-refractivity contribution < 1.29 is 0 Å². The van der Waals surface area contributed by atoms with Crippen molar-refractivity contribution in [1.82, 2.24) is 9.97 Å². The van der Waals surface area contributed by atoms with Crippen molar-refractivity contribution in [1.29, 1.82) is 0 Å². The van der Waals surface area contributed by atoms with Gasteiger partial charge in [-0.1, -0.05) is 134 Å². The van der Waals surface area contributed by atoms with Crippen LogP contribution in [0.2, 0.25) is 0 Å². The van der Waals surface area contributed by atoms with Gasteiger partial charge in [-0.05, 0) is 76.0 Å². The van der Waals surface area contributed by atoms with Crippen molar-refractivity contribution in [2.75, 3.05) is 0 Å². The predicted octanol–water partition coefficient (Wildman–Crippen LogP) is 11.1. The van der Waals surface area contributed by atoms with Crippen LogP contribution in [0.4, 0.5) is 0 Å². The summed E-state index contributed by atoms with van der Waals surface area (Å²) in [6, 6.07) is 47.6. The number of pyridine rings is 2. The first-order chi connectivity index (χ1) is 22.7. The molecule has 8 rings (SSSR count). The van der Waals surface area contributed by atoms with E-state index in [2.05, 4.69) is 138 Å². The molecule has 2 heterocycles. The highest BCUT2D eigenvalue weighted by molar-refractivity contribution is 6.13. The molecule has 0 bridgehead atoms. The highest BCUT2D eigenvalue weighted by Crippen LogP contribution is 2.57. The smallest absolute Gasteiger partial charge is 0.0788 e. The Morgan fingerprint density at radius 3 is 2.17 bits per heavy atom. The molecular weight excluding hydrogens is 556 g/mol. The summed E-state index contributed by atoms with van der Waals surface area (Å²) in [4.78, 5) is 9.87. The molecule has 5 aromatic carbocycles. The van der Waals surface area contributed by atoms with Crippen molar-refractivity contribution in [2.24, 2.45) is 0 Å². The van der Waals surface area contributed by atoms with Crippen LogP contribution in [0.1, 0.15) is 23.6 Å². The fraction of sp³-hybridized carbons (Fsp3) is 0.0455. The van der Waals surface area contributed by atoms with Gasteiger partial charge >= 0.3 is 0 Å². The molecule has 1 aliphatic rings. The molecular formula is C44H32N2. The molecule has 0 radical (unpaired) electrons. The molecule has 0 saturated carbocycles. The summed E-state index contributed by atoms with van der Waals surface area (Å²) in [6.45, 7) is 6.80. The van der Waals surface area contributed by atoms with Gasteiger partial charge in [0.25, 0.3) is 0 Å². The lowest BCUT2D eigenvalue weighted by molar-refractivity contribution is 0.771. The SMILES string of the molecule is C=C(/C=C\C=C/C)C1(c2ccccc2)c2ccccc2-c2cc3c(cc21)c(-c1ccc(-c2ccccn2)cc1)nc1ccccc13. The lowest BCUT2D eigenvalue weighted by Gasteiger charge is -2.34. The maximum Gasteiger partial charge on any atom is 0.0788 e. The first kappa shape index (κ1) is 27.7. The van der Waals surface area contributed by atoms with Gasteiger partial charge in [0.2, 0.25) is 0 Å². The van der Waals surface area contributed by atoms with Crippen LogP contribution < -0.4 is 0 Å². The van der Waals surface area contributed by atoms with Crippen LogP contribution in [0.15, 0.2) is 176 Å². The molecule has 0 amide bonds. The molecule has 46 heavy (non-hydrogen) atoms. The van der Waals surface area contributed by atoms with Crippen molar-refractivity contribution in [2.45, 2.75) is 12.3 Å². The Labute approximate surface area is 269 Å². The van der Waals surface area contributed by atoms with E-state index < -0.39 is 5.41 Å². The Morgan fingerprint density at radius 2 is 1.37 bits per heavy atom. The highest BCUT2D eigenvalue weighted by Gasteiger charge is 2.46. The van der Waals surface area contributed by atoms with Crippen LogP contribution in [0.5, 0.6) is 0 Å². The largest absolute Gasteiger partial charge is 0.256 e. The molecule has 7 aromatic rings. The van der Waals surface area contributed by atoms with Gasteiger partial charge in [-0.15, -0.1) is 0 Å². The number of fused-ring (bicyclic) bond motifs is 6. The lowest BCUT2D eigenvalue weighted by atomic mass is 9.67. The second-order valence-electron chi connectivity index (χ2n) is 11.8. The lowest BCUT2D eigenvalue weighted by Crippen LogP contribution is -2.28. The van der Waals surface area contributed by atoms with Gasteiger partial charge in [0, 0.05) is 28.1 Å². The molecule has 0 spiro atoms. The van der Waals surface area contributed by atoms with E-state index >= 15 is 0 Å². The number of aromatic nitrogens is 2. The summed E-state index contributed by atoms with van der Waals surface area (Å²) in [7, 11) is 0. The summed E-state index contributed by atoms with van der Waals surface area (Å²) < 4.78 is 0. The van der Waals surface area contributed by atoms with E-state index in [9.17, 15) is 0 Å². The minimum Gasteiger partial charge on any atom is -0.256 e. The van der Waals surface area contributed by atoms with Crippen LogP contribution in [0.3, 0.4) is 0 Å². The summed E-state index contributed by atoms with van der Waals surface area (Å²) >= 11 is 0. The second-order valence-corrected chi connectivity index (χ2v) is 11.8. The number of hydrogen-bond donors (Lipinski definition) is 0. The van der Waals surface area contributed by atoms with E-state index in [0.29, 0.717) is 0 Å². The minimum absolute atomic E-state index is 0.564.